The average molecular weight is 264 g/mol. The number of rotatable bonds is 7. The number of aromatic nitrogens is 1. The van der Waals surface area contributed by atoms with Crippen LogP contribution in [0.4, 0.5) is 0 Å². The fraction of sp³-hybridized carbons (Fsp3) is 0.500. The zero-order valence-electron chi connectivity index (χ0n) is 11.5. The number of amides is 1. The summed E-state index contributed by atoms with van der Waals surface area (Å²) in [4.78, 5) is 24.7. The summed E-state index contributed by atoms with van der Waals surface area (Å²) < 4.78 is 1.58. The second-order valence-electron chi connectivity index (χ2n) is 4.43. The Morgan fingerprint density at radius 2 is 1.89 bits per heavy atom. The third-order valence-corrected chi connectivity index (χ3v) is 2.75. The number of nitrogens with zero attached hydrogens (tertiary/aromatic N) is 2. The maximum Gasteiger partial charge on any atom is 0.288 e. The first kappa shape index (κ1) is 15.1. The molecule has 1 aromatic rings. The molecule has 5 heteroatoms. The molecule has 0 aliphatic heterocycles. The van der Waals surface area contributed by atoms with Gasteiger partial charge in [0.25, 0.3) is 5.91 Å². The molecule has 19 heavy (non-hydrogen) atoms. The highest BCUT2D eigenvalue weighted by Gasteiger charge is 2.16. The number of hydrogen-bond donors (Lipinski definition) is 0. The van der Waals surface area contributed by atoms with Gasteiger partial charge in [-0.25, -0.2) is 0 Å². The molecule has 0 atom stereocenters. The van der Waals surface area contributed by atoms with Crippen LogP contribution in [0.1, 0.15) is 37.0 Å². The summed E-state index contributed by atoms with van der Waals surface area (Å²) in [7, 11) is 0. The number of pyridine rings is 1. The van der Waals surface area contributed by atoms with E-state index in [2.05, 4.69) is 0 Å². The van der Waals surface area contributed by atoms with Gasteiger partial charge in [0.2, 0.25) is 6.54 Å². The molecule has 0 saturated heterocycles. The highest BCUT2D eigenvalue weighted by Crippen LogP contribution is 1.97. The van der Waals surface area contributed by atoms with Crippen molar-refractivity contribution in [3.05, 3.63) is 30.1 Å². The molecule has 0 aromatic carbocycles. The van der Waals surface area contributed by atoms with Crippen LogP contribution in [0.3, 0.4) is 0 Å². The van der Waals surface area contributed by atoms with E-state index in [4.69, 9.17) is 0 Å². The molecule has 104 valence electrons. The number of carbonyl (C=O) groups is 2. The van der Waals surface area contributed by atoms with Gasteiger partial charge in [-0.2, -0.15) is 4.57 Å². The van der Waals surface area contributed by atoms with Gasteiger partial charge in [-0.05, 0) is 18.9 Å². The van der Waals surface area contributed by atoms with Crippen molar-refractivity contribution < 1.29 is 19.3 Å². The molecule has 0 unspecified atom stereocenters. The third kappa shape index (κ3) is 4.69. The lowest BCUT2D eigenvalue weighted by atomic mass is 10.3. The van der Waals surface area contributed by atoms with E-state index in [0.29, 0.717) is 0 Å². The van der Waals surface area contributed by atoms with Gasteiger partial charge in [-0.3, -0.25) is 4.79 Å². The van der Waals surface area contributed by atoms with Gasteiger partial charge >= 0.3 is 0 Å². The largest absolute Gasteiger partial charge is 0.545 e. The summed E-state index contributed by atoms with van der Waals surface area (Å²) in [6.45, 7) is 5.67. The predicted octanol–water partition coefficient (Wildman–Crippen LogP) is -0.0138. The van der Waals surface area contributed by atoms with Gasteiger partial charge < -0.3 is 14.8 Å². The van der Waals surface area contributed by atoms with Crippen molar-refractivity contribution in [1.82, 2.24) is 4.90 Å². The fourth-order valence-corrected chi connectivity index (χ4v) is 1.90. The molecular weight excluding hydrogens is 244 g/mol. The molecule has 1 amide bonds. The van der Waals surface area contributed by atoms with Gasteiger partial charge in [0.1, 0.15) is 0 Å². The van der Waals surface area contributed by atoms with Crippen LogP contribution in [0, 0.1) is 0 Å². The molecule has 0 aliphatic rings. The van der Waals surface area contributed by atoms with E-state index in [0.717, 1.165) is 25.9 Å². The molecule has 0 aliphatic carbocycles. The van der Waals surface area contributed by atoms with Gasteiger partial charge in [-0.15, -0.1) is 0 Å². The SMILES string of the molecule is CCCN(CCC)C(=O)C[n+]1cccc(C(=O)[O-])c1. The molecule has 0 fully saturated rings. The van der Waals surface area contributed by atoms with Crippen LogP contribution < -0.4 is 9.67 Å². The first-order valence-electron chi connectivity index (χ1n) is 6.56. The Balaban J connectivity index is 2.74. The van der Waals surface area contributed by atoms with Crippen LogP contribution in [0.15, 0.2) is 24.5 Å². The minimum absolute atomic E-state index is 0.00389. The van der Waals surface area contributed by atoms with Crippen molar-refractivity contribution in [2.75, 3.05) is 13.1 Å². The van der Waals surface area contributed by atoms with Crippen LogP contribution in [0.5, 0.6) is 0 Å². The second kappa shape index (κ2) is 7.51. The summed E-state index contributed by atoms with van der Waals surface area (Å²) in [5, 5.41) is 10.8. The Labute approximate surface area is 113 Å². The van der Waals surface area contributed by atoms with E-state index in [1.807, 2.05) is 13.8 Å². The lowest BCUT2D eigenvalue weighted by Gasteiger charge is -2.19. The molecular formula is C14H20N2O3. The predicted molar refractivity (Wildman–Crippen MR) is 68.1 cm³/mol. The van der Waals surface area contributed by atoms with E-state index in [9.17, 15) is 14.7 Å². The molecule has 0 spiro atoms. The second-order valence-corrected chi connectivity index (χ2v) is 4.43. The number of carbonyl (C=O) groups excluding carboxylic acids is 2. The normalized spacial score (nSPS) is 10.2. The molecule has 1 rings (SSSR count). The topological polar surface area (TPSA) is 64.3 Å². The summed E-state index contributed by atoms with van der Waals surface area (Å²) in [5.74, 6) is -1.23. The standard InChI is InChI=1S/C14H20N2O3/c1-3-7-16(8-4-2)13(17)11-15-9-5-6-12(10-15)14(18)19/h5-6,9-10H,3-4,7-8,11H2,1-2H3. The van der Waals surface area contributed by atoms with Crippen molar-refractivity contribution in [3.63, 3.8) is 0 Å². The van der Waals surface area contributed by atoms with E-state index >= 15 is 0 Å². The smallest absolute Gasteiger partial charge is 0.288 e. The van der Waals surface area contributed by atoms with Crippen LogP contribution in [0.2, 0.25) is 0 Å². The van der Waals surface area contributed by atoms with Gasteiger partial charge in [0.15, 0.2) is 12.4 Å². The number of carboxylic acid groups (broad SMARTS) is 1. The minimum Gasteiger partial charge on any atom is -0.545 e. The van der Waals surface area contributed by atoms with Crippen LogP contribution >= 0.6 is 0 Å². The van der Waals surface area contributed by atoms with E-state index in [-0.39, 0.29) is 18.0 Å². The monoisotopic (exact) mass is 264 g/mol. The minimum atomic E-state index is -1.24. The molecule has 0 radical (unpaired) electrons. The Hall–Kier alpha value is -1.91. The maximum atomic E-state index is 12.1. The zero-order chi connectivity index (χ0) is 14.3. The number of aromatic carboxylic acids is 1. The Morgan fingerprint density at radius 3 is 2.42 bits per heavy atom. The molecule has 0 saturated carbocycles. The van der Waals surface area contributed by atoms with Gasteiger partial charge in [0.05, 0.1) is 11.5 Å². The van der Waals surface area contributed by atoms with Crippen molar-refractivity contribution in [1.29, 1.82) is 0 Å². The maximum absolute atomic E-state index is 12.1. The highest BCUT2D eigenvalue weighted by atomic mass is 16.4. The Kier molecular flexibility index (Phi) is 5.99. The van der Waals surface area contributed by atoms with Gasteiger partial charge in [0, 0.05) is 19.2 Å². The molecule has 0 N–H and O–H groups in total. The molecule has 1 aromatic heterocycles. The molecule has 5 nitrogen and oxygen atoms in total. The lowest BCUT2D eigenvalue weighted by Crippen LogP contribution is -2.45. The number of hydrogen-bond acceptors (Lipinski definition) is 3. The van der Waals surface area contributed by atoms with Gasteiger partial charge in [-0.1, -0.05) is 13.8 Å². The van der Waals surface area contributed by atoms with E-state index in [1.165, 1.54) is 12.3 Å². The average Bonchev–Trinajstić information content (AvgIpc) is 2.38. The summed E-state index contributed by atoms with van der Waals surface area (Å²) in [5.41, 5.74) is 0.0767. The Bertz CT molecular complexity index is 440. The fourth-order valence-electron chi connectivity index (χ4n) is 1.90. The number of carboxylic acids is 1. The van der Waals surface area contributed by atoms with E-state index in [1.54, 1.807) is 21.7 Å². The molecule has 1 heterocycles. The highest BCUT2D eigenvalue weighted by molar-refractivity contribution is 5.84. The quantitative estimate of drug-likeness (QED) is 0.650. The van der Waals surface area contributed by atoms with Crippen LogP contribution in [0.25, 0.3) is 0 Å². The third-order valence-electron chi connectivity index (χ3n) is 2.75. The zero-order valence-corrected chi connectivity index (χ0v) is 11.5. The van der Waals surface area contributed by atoms with Crippen molar-refractivity contribution in [2.24, 2.45) is 0 Å². The first-order chi connectivity index (χ1) is 9.08. The molecule has 0 bridgehead atoms. The van der Waals surface area contributed by atoms with Crippen LogP contribution in [-0.4, -0.2) is 29.9 Å². The van der Waals surface area contributed by atoms with Crippen LogP contribution in [-0.2, 0) is 11.3 Å². The lowest BCUT2D eigenvalue weighted by molar-refractivity contribution is -0.685. The Morgan fingerprint density at radius 1 is 1.26 bits per heavy atom. The summed E-state index contributed by atoms with van der Waals surface area (Å²) in [6, 6.07) is 3.05. The van der Waals surface area contributed by atoms with Crippen molar-refractivity contribution in [3.8, 4) is 0 Å². The first-order valence-corrected chi connectivity index (χ1v) is 6.56. The van der Waals surface area contributed by atoms with E-state index < -0.39 is 5.97 Å². The summed E-state index contributed by atoms with van der Waals surface area (Å²) >= 11 is 0. The van der Waals surface area contributed by atoms with Crippen molar-refractivity contribution >= 4 is 11.9 Å². The summed E-state index contributed by atoms with van der Waals surface area (Å²) in [6.07, 6.45) is 4.93. The van der Waals surface area contributed by atoms with Crippen molar-refractivity contribution in [2.45, 2.75) is 33.2 Å².